The van der Waals surface area contributed by atoms with Crippen LogP contribution in [0.25, 0.3) is 0 Å². The van der Waals surface area contributed by atoms with E-state index in [4.69, 9.17) is 21.1 Å². The highest BCUT2D eigenvalue weighted by molar-refractivity contribution is 9.09. The van der Waals surface area contributed by atoms with Crippen molar-refractivity contribution >= 4 is 27.5 Å². The fourth-order valence-electron chi connectivity index (χ4n) is 2.76. The third-order valence-electron chi connectivity index (χ3n) is 3.86. The Morgan fingerprint density at radius 2 is 1.68 bits per heavy atom. The standard InChI is InChI=1S/C15H20BrClO2/c1-18-13-8-11(12(17)9-14(13)19-2)15(16)10-6-4-3-5-7-10/h8-10,15H,3-7H2,1-2H3. The molecule has 0 heterocycles. The fraction of sp³-hybridized carbons (Fsp3) is 0.600. The second-order valence-corrected chi connectivity index (χ2v) is 6.42. The molecule has 1 atom stereocenters. The third-order valence-corrected chi connectivity index (χ3v) is 5.43. The number of hydrogen-bond acceptors (Lipinski definition) is 2. The van der Waals surface area contributed by atoms with Crippen LogP contribution in [0.4, 0.5) is 0 Å². The number of alkyl halides is 1. The Labute approximate surface area is 128 Å². The molecule has 1 aliphatic carbocycles. The second-order valence-electron chi connectivity index (χ2n) is 5.03. The maximum Gasteiger partial charge on any atom is 0.162 e. The van der Waals surface area contributed by atoms with E-state index in [0.29, 0.717) is 16.5 Å². The molecule has 0 spiro atoms. The molecule has 0 amide bonds. The molecule has 0 N–H and O–H groups in total. The highest BCUT2D eigenvalue weighted by Gasteiger charge is 2.25. The summed E-state index contributed by atoms with van der Waals surface area (Å²) < 4.78 is 10.6. The number of rotatable bonds is 4. The van der Waals surface area contributed by atoms with Crippen LogP contribution in [0, 0.1) is 5.92 Å². The molecule has 0 radical (unpaired) electrons. The summed E-state index contributed by atoms with van der Waals surface area (Å²) in [6.07, 6.45) is 6.52. The molecule has 0 aromatic heterocycles. The number of halogens is 2. The molecule has 1 aliphatic rings. The Morgan fingerprint density at radius 1 is 1.11 bits per heavy atom. The van der Waals surface area contributed by atoms with Gasteiger partial charge >= 0.3 is 0 Å². The van der Waals surface area contributed by atoms with Crippen LogP contribution < -0.4 is 9.47 Å². The van der Waals surface area contributed by atoms with Gasteiger partial charge < -0.3 is 9.47 Å². The Morgan fingerprint density at radius 3 is 2.26 bits per heavy atom. The molecule has 2 rings (SSSR count). The molecule has 4 heteroatoms. The first kappa shape index (κ1) is 15.0. The van der Waals surface area contributed by atoms with E-state index in [-0.39, 0.29) is 0 Å². The zero-order chi connectivity index (χ0) is 13.8. The predicted molar refractivity (Wildman–Crippen MR) is 82.8 cm³/mol. The van der Waals surface area contributed by atoms with E-state index in [1.165, 1.54) is 32.1 Å². The summed E-state index contributed by atoms with van der Waals surface area (Å²) in [7, 11) is 3.28. The first-order valence-electron chi connectivity index (χ1n) is 6.73. The van der Waals surface area contributed by atoms with Crippen LogP contribution in [0.2, 0.25) is 5.02 Å². The number of benzene rings is 1. The van der Waals surface area contributed by atoms with Gasteiger partial charge in [0.25, 0.3) is 0 Å². The van der Waals surface area contributed by atoms with Gasteiger partial charge in [-0.05, 0) is 30.4 Å². The van der Waals surface area contributed by atoms with Gasteiger partial charge in [-0.15, -0.1) is 0 Å². The van der Waals surface area contributed by atoms with Crippen LogP contribution in [0.5, 0.6) is 11.5 Å². The van der Waals surface area contributed by atoms with E-state index >= 15 is 0 Å². The van der Waals surface area contributed by atoms with Crippen molar-refractivity contribution in [1.82, 2.24) is 0 Å². The molecular formula is C15H20BrClO2. The molecule has 1 saturated carbocycles. The monoisotopic (exact) mass is 346 g/mol. The molecule has 2 nitrogen and oxygen atoms in total. The highest BCUT2D eigenvalue weighted by Crippen LogP contribution is 2.45. The Balaban J connectivity index is 2.27. The van der Waals surface area contributed by atoms with Crippen LogP contribution in [0.3, 0.4) is 0 Å². The normalized spacial score (nSPS) is 18.1. The van der Waals surface area contributed by atoms with Gasteiger partial charge in [-0.3, -0.25) is 0 Å². The third kappa shape index (κ3) is 3.38. The number of methoxy groups -OCH3 is 2. The summed E-state index contributed by atoms with van der Waals surface area (Å²) in [6.45, 7) is 0. The van der Waals surface area contributed by atoms with Crippen LogP contribution >= 0.6 is 27.5 Å². The van der Waals surface area contributed by atoms with E-state index in [2.05, 4.69) is 15.9 Å². The molecule has 0 saturated heterocycles. The van der Waals surface area contributed by atoms with Crippen LogP contribution in [0.15, 0.2) is 12.1 Å². The van der Waals surface area contributed by atoms with Crippen molar-refractivity contribution in [3.8, 4) is 11.5 Å². The lowest BCUT2D eigenvalue weighted by atomic mass is 9.84. The summed E-state index contributed by atoms with van der Waals surface area (Å²) in [5.41, 5.74) is 1.10. The molecule has 19 heavy (non-hydrogen) atoms. The summed E-state index contributed by atoms with van der Waals surface area (Å²) in [6, 6.07) is 3.84. The van der Waals surface area contributed by atoms with Gasteiger partial charge in [-0.2, -0.15) is 0 Å². The first-order chi connectivity index (χ1) is 9.17. The van der Waals surface area contributed by atoms with Crippen molar-refractivity contribution < 1.29 is 9.47 Å². The highest BCUT2D eigenvalue weighted by atomic mass is 79.9. The Hall–Kier alpha value is -0.410. The van der Waals surface area contributed by atoms with E-state index in [1.54, 1.807) is 14.2 Å². The summed E-state index contributed by atoms with van der Waals surface area (Å²) >= 11 is 10.2. The lowest BCUT2D eigenvalue weighted by Gasteiger charge is -2.27. The van der Waals surface area contributed by atoms with Gasteiger partial charge in [0.2, 0.25) is 0 Å². The number of ether oxygens (including phenoxy) is 2. The SMILES string of the molecule is COc1cc(Cl)c(C(Br)C2CCCCC2)cc1OC. The molecule has 1 unspecified atom stereocenters. The summed E-state index contributed by atoms with van der Waals surface area (Å²) in [5.74, 6) is 2.08. The average Bonchev–Trinajstić information content (AvgIpc) is 2.47. The van der Waals surface area contributed by atoms with Gasteiger partial charge in [-0.1, -0.05) is 46.8 Å². The largest absolute Gasteiger partial charge is 0.493 e. The van der Waals surface area contributed by atoms with E-state index in [9.17, 15) is 0 Å². The van der Waals surface area contributed by atoms with Crippen molar-refractivity contribution in [2.24, 2.45) is 5.92 Å². The molecule has 1 aromatic rings. The molecule has 1 fully saturated rings. The van der Waals surface area contributed by atoms with Gasteiger partial charge in [0.15, 0.2) is 11.5 Å². The number of hydrogen-bond donors (Lipinski definition) is 0. The minimum atomic E-state index is 0.292. The maximum atomic E-state index is 6.39. The quantitative estimate of drug-likeness (QED) is 0.681. The smallest absolute Gasteiger partial charge is 0.162 e. The van der Waals surface area contributed by atoms with E-state index in [0.717, 1.165) is 16.3 Å². The maximum absolute atomic E-state index is 6.39. The van der Waals surface area contributed by atoms with Crippen LogP contribution in [-0.2, 0) is 0 Å². The minimum Gasteiger partial charge on any atom is -0.493 e. The fourth-order valence-corrected chi connectivity index (χ4v) is 4.07. The van der Waals surface area contributed by atoms with Gasteiger partial charge in [0.05, 0.1) is 14.2 Å². The van der Waals surface area contributed by atoms with Crippen molar-refractivity contribution in [2.45, 2.75) is 36.9 Å². The summed E-state index contributed by atoms with van der Waals surface area (Å²) in [5, 5.41) is 0.741. The lowest BCUT2D eigenvalue weighted by Crippen LogP contribution is -2.12. The van der Waals surface area contributed by atoms with E-state index in [1.807, 2.05) is 12.1 Å². The van der Waals surface area contributed by atoms with Crippen molar-refractivity contribution in [2.75, 3.05) is 14.2 Å². The second kappa shape index (κ2) is 6.85. The zero-order valence-electron chi connectivity index (χ0n) is 11.4. The topological polar surface area (TPSA) is 18.5 Å². The van der Waals surface area contributed by atoms with Crippen molar-refractivity contribution in [3.63, 3.8) is 0 Å². The average molecular weight is 348 g/mol. The summed E-state index contributed by atoms with van der Waals surface area (Å²) in [4.78, 5) is 0.292. The van der Waals surface area contributed by atoms with Gasteiger partial charge in [0.1, 0.15) is 0 Å². The van der Waals surface area contributed by atoms with Crippen LogP contribution in [-0.4, -0.2) is 14.2 Å². The van der Waals surface area contributed by atoms with Crippen molar-refractivity contribution in [1.29, 1.82) is 0 Å². The molecular weight excluding hydrogens is 328 g/mol. The first-order valence-corrected chi connectivity index (χ1v) is 8.02. The zero-order valence-corrected chi connectivity index (χ0v) is 13.8. The molecule has 0 bridgehead atoms. The molecule has 1 aromatic carbocycles. The van der Waals surface area contributed by atoms with Gasteiger partial charge in [0, 0.05) is 15.9 Å². The van der Waals surface area contributed by atoms with Gasteiger partial charge in [-0.25, -0.2) is 0 Å². The predicted octanol–water partition coefficient (Wildman–Crippen LogP) is 5.37. The lowest BCUT2D eigenvalue weighted by molar-refractivity contribution is 0.347. The Bertz CT molecular complexity index is 430. The van der Waals surface area contributed by atoms with E-state index < -0.39 is 0 Å². The minimum absolute atomic E-state index is 0.292. The molecule has 0 aliphatic heterocycles. The van der Waals surface area contributed by atoms with Crippen molar-refractivity contribution in [3.05, 3.63) is 22.7 Å². The Kier molecular flexibility index (Phi) is 5.40. The van der Waals surface area contributed by atoms with Crippen LogP contribution in [0.1, 0.15) is 42.5 Å². The molecule has 106 valence electrons.